The minimum Gasteiger partial charge on any atom is -0.490 e. The number of piperidine rings is 1. The highest BCUT2D eigenvalue weighted by Gasteiger charge is 2.39. The predicted octanol–water partition coefficient (Wildman–Crippen LogP) is 6.77. The summed E-state index contributed by atoms with van der Waals surface area (Å²) < 4.78 is 6.38. The van der Waals surface area contributed by atoms with Gasteiger partial charge in [0.15, 0.2) is 0 Å². The van der Waals surface area contributed by atoms with Crippen LogP contribution in [0.1, 0.15) is 60.5 Å². The van der Waals surface area contributed by atoms with E-state index >= 15 is 0 Å². The number of hydrogen-bond donors (Lipinski definition) is 2. The van der Waals surface area contributed by atoms with Gasteiger partial charge in [-0.15, -0.1) is 0 Å². The second-order valence-corrected chi connectivity index (χ2v) is 11.8. The molecule has 3 aromatic carbocycles. The summed E-state index contributed by atoms with van der Waals surface area (Å²) in [4.78, 5) is 15.9. The van der Waals surface area contributed by atoms with Crippen LogP contribution >= 0.6 is 11.6 Å². The summed E-state index contributed by atoms with van der Waals surface area (Å²) in [5, 5.41) is 12.6. The third-order valence-electron chi connectivity index (χ3n) is 8.93. The molecule has 2 aliphatic heterocycles. The number of nitrogens with zero attached hydrogens (tertiary/aromatic N) is 2. The SMILES string of the molecule is CN1[C@@H]2CC[C@H]1CC(Oc1ccc(-c3n[nH]c4ccc(C(=O)N[C@@H](c5ccccc5Cl)C5CC5)cc34)cc1)C2. The molecule has 39 heavy (non-hydrogen) atoms. The number of benzene rings is 3. The largest absolute Gasteiger partial charge is 0.490 e. The Hall–Kier alpha value is -3.35. The van der Waals surface area contributed by atoms with Gasteiger partial charge in [-0.2, -0.15) is 5.10 Å². The van der Waals surface area contributed by atoms with Gasteiger partial charge in [-0.3, -0.25) is 9.89 Å². The summed E-state index contributed by atoms with van der Waals surface area (Å²) in [6.07, 6.45) is 7.24. The summed E-state index contributed by atoms with van der Waals surface area (Å²) in [5.41, 5.74) is 4.30. The number of fused-ring (bicyclic) bond motifs is 3. The number of hydrogen-bond acceptors (Lipinski definition) is 4. The van der Waals surface area contributed by atoms with Crippen LogP contribution in [-0.4, -0.2) is 46.2 Å². The number of aromatic amines is 1. The lowest BCUT2D eigenvalue weighted by Crippen LogP contribution is -2.43. The molecule has 1 unspecified atom stereocenters. The zero-order chi connectivity index (χ0) is 26.5. The molecule has 3 aliphatic rings. The van der Waals surface area contributed by atoms with Crippen LogP contribution in [0.2, 0.25) is 5.02 Å². The zero-order valence-corrected chi connectivity index (χ0v) is 22.8. The minimum atomic E-state index is -0.100. The molecule has 2 bridgehead atoms. The van der Waals surface area contributed by atoms with Crippen LogP contribution in [-0.2, 0) is 0 Å². The molecule has 4 aromatic rings. The number of aromatic nitrogens is 2. The lowest BCUT2D eigenvalue weighted by Gasteiger charge is -2.36. The highest BCUT2D eigenvalue weighted by molar-refractivity contribution is 6.31. The lowest BCUT2D eigenvalue weighted by atomic mass is 10.0. The molecule has 1 saturated carbocycles. The number of carbonyl (C=O) groups is 1. The molecule has 1 aromatic heterocycles. The average Bonchev–Trinajstić information content (AvgIpc) is 3.67. The van der Waals surface area contributed by atoms with E-state index in [1.54, 1.807) is 0 Å². The van der Waals surface area contributed by atoms with Crippen molar-refractivity contribution < 1.29 is 9.53 Å². The molecule has 3 fully saturated rings. The van der Waals surface area contributed by atoms with Crippen LogP contribution in [0.3, 0.4) is 0 Å². The van der Waals surface area contributed by atoms with Crippen LogP contribution in [0.15, 0.2) is 66.7 Å². The Morgan fingerprint density at radius 2 is 1.77 bits per heavy atom. The molecule has 0 radical (unpaired) electrons. The molecule has 2 N–H and O–H groups in total. The molecule has 1 amide bonds. The van der Waals surface area contributed by atoms with Gasteiger partial charge in [0.05, 0.1) is 17.3 Å². The van der Waals surface area contributed by atoms with Crippen molar-refractivity contribution in [1.29, 1.82) is 0 Å². The first-order chi connectivity index (χ1) is 19.0. The molecular formula is C32H33ClN4O2. The number of nitrogens with one attached hydrogen (secondary N) is 2. The van der Waals surface area contributed by atoms with Crippen molar-refractivity contribution in [2.45, 2.75) is 62.8 Å². The standard InChI is InChI=1S/C32H33ClN4O2/c1-37-22-11-12-23(37)18-25(17-22)39-24-13-8-20(9-14-24)31-27-16-21(10-15-29(27)35-36-31)32(38)34-30(19-6-7-19)26-4-2-3-5-28(26)33/h2-5,8-10,13-16,19,22-23,25,30H,6-7,11-12,17-18H2,1H3,(H,34,38)(H,35,36)/t22-,23+,25?,30-/m1/s1. The molecule has 4 atom stereocenters. The van der Waals surface area contributed by atoms with Crippen molar-refractivity contribution in [3.8, 4) is 17.0 Å². The van der Waals surface area contributed by atoms with E-state index in [1.165, 1.54) is 12.8 Å². The van der Waals surface area contributed by atoms with Crippen molar-refractivity contribution in [2.75, 3.05) is 7.05 Å². The molecule has 2 saturated heterocycles. The third-order valence-corrected chi connectivity index (χ3v) is 9.28. The maximum Gasteiger partial charge on any atom is 0.251 e. The fourth-order valence-corrected chi connectivity index (χ4v) is 6.80. The molecule has 6 nitrogen and oxygen atoms in total. The Morgan fingerprint density at radius 1 is 1.03 bits per heavy atom. The molecule has 7 heteroatoms. The number of rotatable bonds is 7. The van der Waals surface area contributed by atoms with Gasteiger partial charge in [0.1, 0.15) is 11.9 Å². The van der Waals surface area contributed by atoms with E-state index in [9.17, 15) is 4.79 Å². The fraction of sp³-hybridized carbons (Fsp3) is 0.375. The van der Waals surface area contributed by atoms with Crippen molar-refractivity contribution in [2.24, 2.45) is 5.92 Å². The van der Waals surface area contributed by atoms with E-state index in [0.717, 1.165) is 59.2 Å². The summed E-state index contributed by atoms with van der Waals surface area (Å²) in [6, 6.07) is 22.9. The average molecular weight is 541 g/mol. The van der Waals surface area contributed by atoms with Crippen LogP contribution in [0, 0.1) is 5.92 Å². The lowest BCUT2D eigenvalue weighted by molar-refractivity contribution is 0.0662. The van der Waals surface area contributed by atoms with E-state index in [0.29, 0.717) is 28.6 Å². The van der Waals surface area contributed by atoms with E-state index < -0.39 is 0 Å². The Kier molecular flexibility index (Phi) is 6.32. The maximum atomic E-state index is 13.4. The first kappa shape index (κ1) is 24.7. The highest BCUT2D eigenvalue weighted by atomic mass is 35.5. The Labute approximate surface area is 233 Å². The third kappa shape index (κ3) is 4.81. The van der Waals surface area contributed by atoms with E-state index in [1.807, 2.05) is 54.6 Å². The minimum absolute atomic E-state index is 0.0852. The quantitative estimate of drug-likeness (QED) is 0.271. The van der Waals surface area contributed by atoms with Gasteiger partial charge < -0.3 is 15.0 Å². The molecule has 200 valence electrons. The summed E-state index contributed by atoms with van der Waals surface area (Å²) in [5.74, 6) is 1.22. The summed E-state index contributed by atoms with van der Waals surface area (Å²) in [7, 11) is 2.25. The molecule has 3 heterocycles. The normalized spacial score (nSPS) is 23.6. The first-order valence-corrected chi connectivity index (χ1v) is 14.4. The monoisotopic (exact) mass is 540 g/mol. The molecule has 1 aliphatic carbocycles. The number of carbonyl (C=O) groups excluding carboxylic acids is 1. The first-order valence-electron chi connectivity index (χ1n) is 14.1. The second-order valence-electron chi connectivity index (χ2n) is 11.4. The number of H-pyrrole nitrogens is 1. The van der Waals surface area contributed by atoms with Gasteiger partial charge >= 0.3 is 0 Å². The van der Waals surface area contributed by atoms with Gasteiger partial charge in [0, 0.05) is 33.6 Å². The Balaban J connectivity index is 1.09. The van der Waals surface area contributed by atoms with Crippen LogP contribution in [0.4, 0.5) is 0 Å². The predicted molar refractivity (Wildman–Crippen MR) is 154 cm³/mol. The zero-order valence-electron chi connectivity index (χ0n) is 22.1. The van der Waals surface area contributed by atoms with Crippen molar-refractivity contribution in [3.63, 3.8) is 0 Å². The molecule has 0 spiro atoms. The number of amides is 1. The topological polar surface area (TPSA) is 70.2 Å². The van der Waals surface area contributed by atoms with Gasteiger partial charge in [0.25, 0.3) is 5.91 Å². The van der Waals surface area contributed by atoms with E-state index in [4.69, 9.17) is 16.3 Å². The Morgan fingerprint density at radius 3 is 2.49 bits per heavy atom. The summed E-state index contributed by atoms with van der Waals surface area (Å²) in [6.45, 7) is 0. The van der Waals surface area contributed by atoms with Gasteiger partial charge in [-0.1, -0.05) is 29.8 Å². The number of halogens is 1. The van der Waals surface area contributed by atoms with E-state index in [-0.39, 0.29) is 18.1 Å². The van der Waals surface area contributed by atoms with Crippen molar-refractivity contribution in [3.05, 3.63) is 82.9 Å². The van der Waals surface area contributed by atoms with Crippen LogP contribution < -0.4 is 10.1 Å². The van der Waals surface area contributed by atoms with Crippen LogP contribution in [0.5, 0.6) is 5.75 Å². The van der Waals surface area contributed by atoms with Gasteiger partial charge in [-0.25, -0.2) is 0 Å². The van der Waals surface area contributed by atoms with E-state index in [2.05, 4.69) is 39.6 Å². The summed E-state index contributed by atoms with van der Waals surface area (Å²) >= 11 is 6.48. The maximum absolute atomic E-state index is 13.4. The molecular weight excluding hydrogens is 508 g/mol. The smallest absolute Gasteiger partial charge is 0.251 e. The highest BCUT2D eigenvalue weighted by Crippen LogP contribution is 2.43. The molecule has 7 rings (SSSR count). The van der Waals surface area contributed by atoms with Crippen LogP contribution in [0.25, 0.3) is 22.2 Å². The van der Waals surface area contributed by atoms with Crippen molar-refractivity contribution >= 4 is 28.4 Å². The van der Waals surface area contributed by atoms with Gasteiger partial charge in [-0.05, 0) is 106 Å². The van der Waals surface area contributed by atoms with Gasteiger partial charge in [0.2, 0.25) is 0 Å². The Bertz CT molecular complexity index is 1500. The number of ether oxygens (including phenoxy) is 1. The fourth-order valence-electron chi connectivity index (χ4n) is 6.55. The second kappa shape index (κ2) is 10.00. The van der Waals surface area contributed by atoms with Crippen molar-refractivity contribution in [1.82, 2.24) is 20.4 Å².